The smallest absolute Gasteiger partial charge is 0.151 e. The predicted molar refractivity (Wildman–Crippen MR) is 72.1 cm³/mol. The minimum absolute atomic E-state index is 0.212. The van der Waals surface area contributed by atoms with E-state index in [1.165, 1.54) is 12.1 Å². The highest BCUT2D eigenvalue weighted by atomic mass is 79.9. The first-order valence-electron chi connectivity index (χ1n) is 5.59. The van der Waals surface area contributed by atoms with Crippen LogP contribution in [0.15, 0.2) is 53.3 Å². The Kier molecular flexibility index (Phi) is 2.88. The van der Waals surface area contributed by atoms with E-state index in [9.17, 15) is 4.39 Å². The molecule has 2 aromatic heterocycles. The molecule has 0 bridgehead atoms. The number of pyridine rings is 1. The third-order valence-corrected chi connectivity index (χ3v) is 3.40. The molecule has 0 saturated carbocycles. The fourth-order valence-corrected chi connectivity index (χ4v) is 2.37. The Balaban J connectivity index is 1.95. The average Bonchev–Trinajstić information content (AvgIpc) is 2.76. The summed E-state index contributed by atoms with van der Waals surface area (Å²) in [6.45, 7) is 0. The van der Waals surface area contributed by atoms with Crippen LogP contribution in [0.4, 0.5) is 4.39 Å². The van der Waals surface area contributed by atoms with Gasteiger partial charge in [0.1, 0.15) is 5.82 Å². The highest BCUT2D eigenvalue weighted by molar-refractivity contribution is 9.10. The van der Waals surface area contributed by atoms with Crippen molar-refractivity contribution in [1.29, 1.82) is 0 Å². The topological polar surface area (TPSA) is 17.3 Å². The highest BCUT2D eigenvalue weighted by Crippen LogP contribution is 2.18. The van der Waals surface area contributed by atoms with E-state index in [-0.39, 0.29) is 5.82 Å². The van der Waals surface area contributed by atoms with Gasteiger partial charge in [-0.2, -0.15) is 0 Å². The maximum Gasteiger partial charge on any atom is 0.151 e. The molecule has 0 aliphatic rings. The normalized spacial score (nSPS) is 11.0. The van der Waals surface area contributed by atoms with Gasteiger partial charge in [-0.25, -0.2) is 9.37 Å². The summed E-state index contributed by atoms with van der Waals surface area (Å²) >= 11 is 3.47. The molecule has 18 heavy (non-hydrogen) atoms. The summed E-state index contributed by atoms with van der Waals surface area (Å²) in [5.41, 5.74) is 2.92. The molecule has 3 rings (SSSR count). The molecule has 0 radical (unpaired) electrons. The van der Waals surface area contributed by atoms with Crippen LogP contribution < -0.4 is 0 Å². The second-order valence-electron chi connectivity index (χ2n) is 4.12. The third kappa shape index (κ3) is 2.16. The Morgan fingerprint density at radius 3 is 2.67 bits per heavy atom. The number of imidazole rings is 1. The molecule has 0 fully saturated rings. The predicted octanol–water partition coefficient (Wildman–Crippen LogP) is 3.83. The van der Waals surface area contributed by atoms with Crippen molar-refractivity contribution >= 4 is 21.6 Å². The van der Waals surface area contributed by atoms with E-state index >= 15 is 0 Å². The van der Waals surface area contributed by atoms with Crippen LogP contribution in [0.2, 0.25) is 0 Å². The van der Waals surface area contributed by atoms with Gasteiger partial charge in [-0.15, -0.1) is 0 Å². The van der Waals surface area contributed by atoms with Crippen LogP contribution in [0.25, 0.3) is 5.65 Å². The average molecular weight is 305 g/mol. The summed E-state index contributed by atoms with van der Waals surface area (Å²) in [6, 6.07) is 10.4. The van der Waals surface area contributed by atoms with Crippen LogP contribution in [-0.4, -0.2) is 9.38 Å². The molecule has 0 N–H and O–H groups in total. The molecule has 0 spiro atoms. The van der Waals surface area contributed by atoms with Crippen LogP contribution in [0, 0.1) is 5.82 Å². The van der Waals surface area contributed by atoms with Crippen molar-refractivity contribution in [3.8, 4) is 0 Å². The van der Waals surface area contributed by atoms with Crippen LogP contribution in [-0.2, 0) is 6.42 Å². The first-order valence-corrected chi connectivity index (χ1v) is 6.38. The quantitative estimate of drug-likeness (QED) is 0.703. The fourth-order valence-electron chi connectivity index (χ4n) is 1.93. The summed E-state index contributed by atoms with van der Waals surface area (Å²) in [7, 11) is 0. The molecule has 0 aliphatic heterocycles. The number of hydrogen-bond acceptors (Lipinski definition) is 1. The summed E-state index contributed by atoms with van der Waals surface area (Å²) in [6.07, 6.45) is 4.65. The standard InChI is InChI=1S/C14H10BrFN2/c15-13-2-1-7-18-9-12(17-14(13)18)8-10-3-5-11(16)6-4-10/h1-7,9H,8H2. The lowest BCUT2D eigenvalue weighted by molar-refractivity contribution is 0.627. The van der Waals surface area contributed by atoms with Gasteiger partial charge >= 0.3 is 0 Å². The molecule has 0 saturated heterocycles. The number of aromatic nitrogens is 2. The molecule has 2 heterocycles. The maximum atomic E-state index is 12.8. The molecule has 0 aliphatic carbocycles. The molecule has 3 aromatic rings. The van der Waals surface area contributed by atoms with Gasteiger partial charge in [0.2, 0.25) is 0 Å². The number of benzene rings is 1. The van der Waals surface area contributed by atoms with E-state index in [4.69, 9.17) is 0 Å². The minimum atomic E-state index is -0.212. The van der Waals surface area contributed by atoms with Crippen molar-refractivity contribution < 1.29 is 4.39 Å². The minimum Gasteiger partial charge on any atom is -0.306 e. The summed E-state index contributed by atoms with van der Waals surface area (Å²) in [5, 5.41) is 0. The van der Waals surface area contributed by atoms with E-state index in [1.807, 2.05) is 28.9 Å². The molecular weight excluding hydrogens is 295 g/mol. The van der Waals surface area contributed by atoms with E-state index in [0.717, 1.165) is 21.4 Å². The van der Waals surface area contributed by atoms with Crippen LogP contribution in [0.1, 0.15) is 11.3 Å². The Bertz CT molecular complexity index is 689. The molecule has 0 unspecified atom stereocenters. The van der Waals surface area contributed by atoms with Gasteiger partial charge in [-0.3, -0.25) is 0 Å². The van der Waals surface area contributed by atoms with Crippen LogP contribution in [0.3, 0.4) is 0 Å². The molecule has 0 atom stereocenters. The Morgan fingerprint density at radius 1 is 1.17 bits per heavy atom. The lowest BCUT2D eigenvalue weighted by Gasteiger charge is -1.96. The highest BCUT2D eigenvalue weighted by Gasteiger charge is 2.05. The molecule has 2 nitrogen and oxygen atoms in total. The largest absolute Gasteiger partial charge is 0.306 e. The lowest BCUT2D eigenvalue weighted by Crippen LogP contribution is -1.88. The summed E-state index contributed by atoms with van der Waals surface area (Å²) in [4.78, 5) is 4.55. The van der Waals surface area contributed by atoms with E-state index in [1.54, 1.807) is 12.1 Å². The zero-order chi connectivity index (χ0) is 12.5. The van der Waals surface area contributed by atoms with Gasteiger partial charge in [0.05, 0.1) is 10.2 Å². The zero-order valence-electron chi connectivity index (χ0n) is 9.48. The lowest BCUT2D eigenvalue weighted by atomic mass is 10.1. The molecule has 4 heteroatoms. The SMILES string of the molecule is Fc1ccc(Cc2cn3cccc(Br)c3n2)cc1. The van der Waals surface area contributed by atoms with Crippen molar-refractivity contribution in [2.24, 2.45) is 0 Å². The van der Waals surface area contributed by atoms with Gasteiger partial charge in [0.15, 0.2) is 5.65 Å². The van der Waals surface area contributed by atoms with Crippen molar-refractivity contribution in [1.82, 2.24) is 9.38 Å². The van der Waals surface area contributed by atoms with E-state index in [0.29, 0.717) is 6.42 Å². The van der Waals surface area contributed by atoms with Crippen molar-refractivity contribution in [2.45, 2.75) is 6.42 Å². The van der Waals surface area contributed by atoms with Gasteiger partial charge < -0.3 is 4.40 Å². The molecule has 0 amide bonds. The van der Waals surface area contributed by atoms with Crippen molar-refractivity contribution in [3.63, 3.8) is 0 Å². The molecule has 90 valence electrons. The first-order chi connectivity index (χ1) is 8.72. The summed E-state index contributed by atoms with van der Waals surface area (Å²) in [5.74, 6) is -0.212. The van der Waals surface area contributed by atoms with Crippen LogP contribution >= 0.6 is 15.9 Å². The number of halogens is 2. The Hall–Kier alpha value is -1.68. The number of fused-ring (bicyclic) bond motifs is 1. The molecular formula is C14H10BrFN2. The fraction of sp³-hybridized carbons (Fsp3) is 0.0714. The monoisotopic (exact) mass is 304 g/mol. The second-order valence-corrected chi connectivity index (χ2v) is 4.98. The number of rotatable bonds is 2. The van der Waals surface area contributed by atoms with Crippen molar-refractivity contribution in [2.75, 3.05) is 0 Å². The van der Waals surface area contributed by atoms with Crippen LogP contribution in [0.5, 0.6) is 0 Å². The van der Waals surface area contributed by atoms with Crippen molar-refractivity contribution in [3.05, 3.63) is 70.3 Å². The number of hydrogen-bond donors (Lipinski definition) is 0. The third-order valence-electron chi connectivity index (χ3n) is 2.78. The van der Waals surface area contributed by atoms with Gasteiger partial charge in [-0.05, 0) is 45.8 Å². The first kappa shape index (κ1) is 11.4. The summed E-state index contributed by atoms with van der Waals surface area (Å²) < 4.78 is 15.8. The van der Waals surface area contributed by atoms with E-state index in [2.05, 4.69) is 20.9 Å². The maximum absolute atomic E-state index is 12.8. The van der Waals surface area contributed by atoms with E-state index < -0.39 is 0 Å². The van der Waals surface area contributed by atoms with Gasteiger partial charge in [-0.1, -0.05) is 12.1 Å². The Morgan fingerprint density at radius 2 is 1.94 bits per heavy atom. The second kappa shape index (κ2) is 4.53. The zero-order valence-corrected chi connectivity index (χ0v) is 11.1. The molecule has 1 aromatic carbocycles. The Labute approximate surface area is 112 Å². The number of nitrogens with zero attached hydrogens (tertiary/aromatic N) is 2. The van der Waals surface area contributed by atoms with Gasteiger partial charge in [0, 0.05) is 18.8 Å². The van der Waals surface area contributed by atoms with Gasteiger partial charge in [0.25, 0.3) is 0 Å².